The van der Waals surface area contributed by atoms with Crippen LogP contribution in [0, 0.1) is 18.6 Å². The van der Waals surface area contributed by atoms with Crippen LogP contribution in [0.4, 0.5) is 8.78 Å². The van der Waals surface area contributed by atoms with Crippen molar-refractivity contribution in [1.29, 1.82) is 0 Å². The van der Waals surface area contributed by atoms with Crippen molar-refractivity contribution in [1.82, 2.24) is 10.3 Å². The van der Waals surface area contributed by atoms with Crippen LogP contribution in [0.1, 0.15) is 34.7 Å². The summed E-state index contributed by atoms with van der Waals surface area (Å²) >= 11 is 0. The van der Waals surface area contributed by atoms with E-state index >= 15 is 0 Å². The van der Waals surface area contributed by atoms with Gasteiger partial charge in [0.2, 0.25) is 0 Å². The Balaban J connectivity index is 1.89. The highest BCUT2D eigenvalue weighted by Crippen LogP contribution is 2.46. The molecule has 0 unspecified atom stereocenters. The Kier molecular flexibility index (Phi) is 2.81. The van der Waals surface area contributed by atoms with Gasteiger partial charge in [0.15, 0.2) is 12.1 Å². The summed E-state index contributed by atoms with van der Waals surface area (Å²) in [4.78, 5) is 15.9. The second-order valence-corrected chi connectivity index (χ2v) is 4.92. The topological polar surface area (TPSA) is 55.1 Å². The number of hydrogen-bond acceptors (Lipinski definition) is 3. The highest BCUT2D eigenvalue weighted by Gasteiger charge is 2.48. The van der Waals surface area contributed by atoms with Crippen molar-refractivity contribution in [3.8, 4) is 0 Å². The first-order chi connectivity index (χ1) is 9.52. The Morgan fingerprint density at radius 2 is 2.15 bits per heavy atom. The number of oxazole rings is 1. The minimum Gasteiger partial charge on any atom is -0.448 e. The van der Waals surface area contributed by atoms with Crippen LogP contribution in [0.5, 0.6) is 0 Å². The van der Waals surface area contributed by atoms with Crippen LogP contribution in [0.2, 0.25) is 0 Å². The average Bonchev–Trinajstić information content (AvgIpc) is 3.05. The number of amides is 1. The lowest BCUT2D eigenvalue weighted by Gasteiger charge is -2.18. The molecule has 0 aliphatic heterocycles. The van der Waals surface area contributed by atoms with Crippen molar-refractivity contribution >= 4 is 5.91 Å². The van der Waals surface area contributed by atoms with Crippen molar-refractivity contribution < 1.29 is 18.0 Å². The van der Waals surface area contributed by atoms with E-state index in [2.05, 4.69) is 10.3 Å². The summed E-state index contributed by atoms with van der Waals surface area (Å²) in [5.74, 6) is -1.11. The molecular weight excluding hydrogens is 266 g/mol. The van der Waals surface area contributed by atoms with Gasteiger partial charge in [0, 0.05) is 5.56 Å². The fourth-order valence-corrected chi connectivity index (χ4v) is 2.25. The lowest BCUT2D eigenvalue weighted by atomic mass is 10.0. The van der Waals surface area contributed by atoms with Gasteiger partial charge in [0.05, 0.1) is 5.54 Å². The molecule has 1 heterocycles. The molecule has 6 heteroatoms. The smallest absolute Gasteiger partial charge is 0.274 e. The molecule has 3 rings (SSSR count). The van der Waals surface area contributed by atoms with Gasteiger partial charge in [-0.1, -0.05) is 0 Å². The Morgan fingerprint density at radius 1 is 1.40 bits per heavy atom. The van der Waals surface area contributed by atoms with E-state index in [1.807, 2.05) is 0 Å². The zero-order chi connectivity index (χ0) is 14.3. The van der Waals surface area contributed by atoms with Crippen LogP contribution >= 0.6 is 0 Å². The maximum Gasteiger partial charge on any atom is 0.274 e. The number of hydrogen-bond donors (Lipinski definition) is 1. The zero-order valence-electron chi connectivity index (χ0n) is 10.7. The molecule has 1 fully saturated rings. The average molecular weight is 278 g/mol. The number of aryl methyl sites for hydroxylation is 1. The number of carbonyl (C=O) groups is 1. The Hall–Kier alpha value is -2.24. The summed E-state index contributed by atoms with van der Waals surface area (Å²) in [6.07, 6.45) is 2.30. The van der Waals surface area contributed by atoms with Crippen LogP contribution in [0.3, 0.4) is 0 Å². The lowest BCUT2D eigenvalue weighted by molar-refractivity contribution is 0.0924. The van der Waals surface area contributed by atoms with E-state index in [0.29, 0.717) is 18.6 Å². The first-order valence-corrected chi connectivity index (χ1v) is 6.20. The summed E-state index contributed by atoms with van der Waals surface area (Å²) in [6, 6.07) is 3.25. The monoisotopic (exact) mass is 278 g/mol. The number of carbonyl (C=O) groups excluding carboxylic acids is 1. The van der Waals surface area contributed by atoms with E-state index in [0.717, 1.165) is 18.2 Å². The van der Waals surface area contributed by atoms with Crippen molar-refractivity contribution in [2.75, 3.05) is 0 Å². The Morgan fingerprint density at radius 3 is 2.75 bits per heavy atom. The van der Waals surface area contributed by atoms with Gasteiger partial charge in [-0.3, -0.25) is 4.79 Å². The lowest BCUT2D eigenvalue weighted by Crippen LogP contribution is -2.36. The normalized spacial score (nSPS) is 15.9. The summed E-state index contributed by atoms with van der Waals surface area (Å²) in [5.41, 5.74) is -0.505. The van der Waals surface area contributed by atoms with E-state index in [9.17, 15) is 13.6 Å². The molecule has 0 atom stereocenters. The van der Waals surface area contributed by atoms with Gasteiger partial charge >= 0.3 is 0 Å². The highest BCUT2D eigenvalue weighted by molar-refractivity contribution is 5.94. The number of benzene rings is 1. The first kappa shape index (κ1) is 12.8. The van der Waals surface area contributed by atoms with Crippen LogP contribution in [-0.4, -0.2) is 10.9 Å². The van der Waals surface area contributed by atoms with Gasteiger partial charge in [-0.05, 0) is 38.0 Å². The van der Waals surface area contributed by atoms with Gasteiger partial charge in [0.1, 0.15) is 17.4 Å². The maximum absolute atomic E-state index is 13.8. The van der Waals surface area contributed by atoms with Crippen molar-refractivity contribution in [2.45, 2.75) is 25.3 Å². The molecule has 1 aliphatic rings. The second-order valence-electron chi connectivity index (χ2n) is 4.92. The molecule has 0 radical (unpaired) electrons. The van der Waals surface area contributed by atoms with Crippen LogP contribution in [-0.2, 0) is 5.54 Å². The van der Waals surface area contributed by atoms with E-state index in [-0.39, 0.29) is 11.3 Å². The number of nitrogens with zero attached hydrogens (tertiary/aromatic N) is 1. The quantitative estimate of drug-likeness (QED) is 0.939. The third kappa shape index (κ3) is 2.07. The molecular formula is C14H12F2N2O2. The van der Waals surface area contributed by atoms with Gasteiger partial charge in [-0.25, -0.2) is 13.8 Å². The molecule has 0 bridgehead atoms. The molecule has 1 aliphatic carbocycles. The summed E-state index contributed by atoms with van der Waals surface area (Å²) < 4.78 is 32.1. The van der Waals surface area contributed by atoms with Gasteiger partial charge in [0.25, 0.3) is 5.91 Å². The number of aromatic nitrogens is 1. The molecule has 1 saturated carbocycles. The number of nitrogens with one attached hydrogen (secondary N) is 1. The molecule has 1 aromatic heterocycles. The molecule has 1 amide bonds. The Labute approximate surface area is 113 Å². The third-order valence-electron chi connectivity index (χ3n) is 3.51. The molecule has 0 spiro atoms. The highest BCUT2D eigenvalue weighted by atomic mass is 19.1. The molecule has 1 N–H and O–H groups in total. The standard InChI is InChI=1S/C14H12F2N2O2/c1-8-12(17-7-20-8)13(19)18-14(4-5-14)10-6-9(15)2-3-11(10)16/h2-3,6-7H,4-5H2,1H3,(H,18,19). The fourth-order valence-electron chi connectivity index (χ4n) is 2.25. The molecule has 1 aromatic carbocycles. The minimum atomic E-state index is -0.839. The van der Waals surface area contributed by atoms with Crippen molar-refractivity contribution in [2.24, 2.45) is 0 Å². The van der Waals surface area contributed by atoms with E-state index in [1.165, 1.54) is 6.39 Å². The SMILES string of the molecule is Cc1ocnc1C(=O)NC1(c2cc(F)ccc2F)CC1. The van der Waals surface area contributed by atoms with Gasteiger partial charge in [-0.2, -0.15) is 0 Å². The predicted octanol–water partition coefficient (Wildman–Crippen LogP) is 2.68. The predicted molar refractivity (Wildman–Crippen MR) is 66.0 cm³/mol. The Bertz CT molecular complexity index is 678. The fraction of sp³-hybridized carbons (Fsp3) is 0.286. The maximum atomic E-state index is 13.8. The first-order valence-electron chi connectivity index (χ1n) is 6.20. The summed E-state index contributed by atoms with van der Waals surface area (Å²) in [5, 5.41) is 2.73. The molecule has 4 nitrogen and oxygen atoms in total. The van der Waals surface area contributed by atoms with Crippen LogP contribution in [0.15, 0.2) is 29.0 Å². The molecule has 0 saturated heterocycles. The molecule has 20 heavy (non-hydrogen) atoms. The van der Waals surface area contributed by atoms with Crippen LogP contribution < -0.4 is 5.32 Å². The zero-order valence-corrected chi connectivity index (χ0v) is 10.7. The van der Waals surface area contributed by atoms with Crippen LogP contribution in [0.25, 0.3) is 0 Å². The summed E-state index contributed by atoms with van der Waals surface area (Å²) in [7, 11) is 0. The van der Waals surface area contributed by atoms with E-state index in [1.54, 1.807) is 6.92 Å². The number of halogens is 2. The van der Waals surface area contributed by atoms with Crippen molar-refractivity contribution in [3.05, 3.63) is 53.2 Å². The van der Waals surface area contributed by atoms with Gasteiger partial charge in [-0.15, -0.1) is 0 Å². The van der Waals surface area contributed by atoms with E-state index < -0.39 is 23.1 Å². The second kappa shape index (κ2) is 4.40. The van der Waals surface area contributed by atoms with Gasteiger partial charge < -0.3 is 9.73 Å². The largest absolute Gasteiger partial charge is 0.448 e. The minimum absolute atomic E-state index is 0.160. The number of rotatable bonds is 3. The van der Waals surface area contributed by atoms with E-state index in [4.69, 9.17) is 4.42 Å². The summed E-state index contributed by atoms with van der Waals surface area (Å²) in [6.45, 7) is 1.62. The molecule has 2 aromatic rings. The molecule has 104 valence electrons. The third-order valence-corrected chi connectivity index (χ3v) is 3.51. The van der Waals surface area contributed by atoms with Crippen molar-refractivity contribution in [3.63, 3.8) is 0 Å².